The van der Waals surface area contributed by atoms with E-state index in [2.05, 4.69) is 14.6 Å². The Labute approximate surface area is 101 Å². The summed E-state index contributed by atoms with van der Waals surface area (Å²) in [5.74, 6) is 0.172. The van der Waals surface area contributed by atoms with Gasteiger partial charge in [0.1, 0.15) is 16.4 Å². The standard InChI is InChI=1S/C7H9N5O3S2/c1-11-7(8-5-9-11)6-4-12(10-16-6)2-3-17(13,14)15/h4-5H,2-3H2,1H3. The highest BCUT2D eigenvalue weighted by Gasteiger charge is 2.15. The Balaban J connectivity index is 2.14. The van der Waals surface area contributed by atoms with Gasteiger partial charge >= 0.3 is 0 Å². The fourth-order valence-electron chi connectivity index (χ4n) is 1.21. The lowest BCUT2D eigenvalue weighted by Crippen LogP contribution is -2.37. The Kier molecular flexibility index (Phi) is 3.17. The van der Waals surface area contributed by atoms with Crippen molar-refractivity contribution in [3.05, 3.63) is 12.5 Å². The lowest BCUT2D eigenvalue weighted by atomic mass is 10.5. The summed E-state index contributed by atoms with van der Waals surface area (Å²) in [5.41, 5.74) is 0. The molecule has 2 rings (SSSR count). The third kappa shape index (κ3) is 3.05. The Morgan fingerprint density at radius 3 is 2.94 bits per heavy atom. The van der Waals surface area contributed by atoms with E-state index in [1.165, 1.54) is 11.0 Å². The van der Waals surface area contributed by atoms with Crippen molar-refractivity contribution in [3.8, 4) is 10.7 Å². The molecule has 0 unspecified atom stereocenters. The van der Waals surface area contributed by atoms with Gasteiger partial charge in [0.25, 0.3) is 0 Å². The first kappa shape index (κ1) is 12.1. The molecule has 0 saturated heterocycles. The van der Waals surface area contributed by atoms with E-state index >= 15 is 0 Å². The van der Waals surface area contributed by atoms with Gasteiger partial charge in [0, 0.05) is 18.6 Å². The molecule has 0 aliphatic heterocycles. The van der Waals surface area contributed by atoms with Crippen LogP contribution >= 0.6 is 11.5 Å². The van der Waals surface area contributed by atoms with E-state index in [0.717, 1.165) is 16.4 Å². The second-order valence-corrected chi connectivity index (χ2v) is 5.61. The zero-order chi connectivity index (χ0) is 12.5. The summed E-state index contributed by atoms with van der Waals surface area (Å²) in [5, 5.41) is 3.92. The molecule has 0 spiro atoms. The molecule has 10 heteroatoms. The van der Waals surface area contributed by atoms with Crippen LogP contribution < -0.4 is 4.68 Å². The molecule has 2 heterocycles. The van der Waals surface area contributed by atoms with Gasteiger partial charge in [-0.3, -0.25) is 0 Å². The molecule has 0 amide bonds. The number of nitrogens with zero attached hydrogens (tertiary/aromatic N) is 5. The molecule has 0 saturated carbocycles. The molecular formula is C7H9N5O3S2. The van der Waals surface area contributed by atoms with Crippen LogP contribution in [0.1, 0.15) is 0 Å². The molecule has 0 atom stereocenters. The van der Waals surface area contributed by atoms with Gasteiger partial charge in [-0.2, -0.15) is 5.10 Å². The van der Waals surface area contributed by atoms with Crippen molar-refractivity contribution in [2.75, 3.05) is 5.75 Å². The summed E-state index contributed by atoms with van der Waals surface area (Å²) in [4.78, 5) is 4.79. The van der Waals surface area contributed by atoms with Gasteiger partial charge in [0.15, 0.2) is 17.2 Å². The van der Waals surface area contributed by atoms with Crippen LogP contribution in [0.15, 0.2) is 12.5 Å². The molecular weight excluding hydrogens is 266 g/mol. The first-order valence-corrected chi connectivity index (χ1v) is 6.95. The Morgan fingerprint density at radius 2 is 2.35 bits per heavy atom. The zero-order valence-corrected chi connectivity index (χ0v) is 10.5. The second-order valence-electron chi connectivity index (χ2n) is 3.30. The molecule has 2 aromatic heterocycles. The van der Waals surface area contributed by atoms with E-state index in [1.807, 2.05) is 0 Å². The summed E-state index contributed by atoms with van der Waals surface area (Å²) in [6.07, 6.45) is 3.06. The summed E-state index contributed by atoms with van der Waals surface area (Å²) in [6, 6.07) is 0. The Morgan fingerprint density at radius 1 is 1.59 bits per heavy atom. The summed E-state index contributed by atoms with van der Waals surface area (Å²) in [6.45, 7) is 0.0418. The third-order valence-corrected chi connectivity index (χ3v) is 3.47. The molecule has 0 N–H and O–H groups in total. The smallest absolute Gasteiger partial charge is 0.220 e. The van der Waals surface area contributed by atoms with Crippen LogP contribution in [0.5, 0.6) is 0 Å². The molecule has 92 valence electrons. The van der Waals surface area contributed by atoms with Gasteiger partial charge in [0.2, 0.25) is 6.20 Å². The van der Waals surface area contributed by atoms with Crippen LogP contribution in [0.3, 0.4) is 0 Å². The monoisotopic (exact) mass is 275 g/mol. The van der Waals surface area contributed by atoms with E-state index in [9.17, 15) is 13.0 Å². The maximum atomic E-state index is 10.5. The highest BCUT2D eigenvalue weighted by atomic mass is 32.2. The normalized spacial score (nSPS) is 11.9. The lowest BCUT2D eigenvalue weighted by Gasteiger charge is -2.00. The maximum Gasteiger partial charge on any atom is 0.220 e. The minimum atomic E-state index is -4.21. The van der Waals surface area contributed by atoms with Gasteiger partial charge in [-0.1, -0.05) is 4.68 Å². The minimum Gasteiger partial charge on any atom is -0.748 e. The van der Waals surface area contributed by atoms with Crippen LogP contribution in [0, 0.1) is 0 Å². The van der Waals surface area contributed by atoms with Crippen molar-refractivity contribution in [1.29, 1.82) is 0 Å². The second kappa shape index (κ2) is 4.47. The van der Waals surface area contributed by atoms with Crippen LogP contribution in [0.25, 0.3) is 10.7 Å². The van der Waals surface area contributed by atoms with E-state index in [1.54, 1.807) is 17.9 Å². The summed E-state index contributed by atoms with van der Waals surface area (Å²) in [7, 11) is -2.47. The first-order chi connectivity index (χ1) is 7.96. The Bertz CT molecular complexity index is 617. The van der Waals surface area contributed by atoms with Gasteiger partial charge in [-0.15, -0.1) is 0 Å². The topological polar surface area (TPSA) is 105 Å². The van der Waals surface area contributed by atoms with Crippen molar-refractivity contribution >= 4 is 21.7 Å². The molecule has 0 fully saturated rings. The summed E-state index contributed by atoms with van der Waals surface area (Å²) < 4.78 is 38.4. The van der Waals surface area contributed by atoms with Crippen LogP contribution in [-0.4, -0.2) is 38.0 Å². The number of hydrogen-bond acceptors (Lipinski definition) is 7. The molecule has 0 bridgehead atoms. The van der Waals surface area contributed by atoms with E-state index in [4.69, 9.17) is 0 Å². The maximum absolute atomic E-state index is 10.5. The fourth-order valence-corrected chi connectivity index (χ4v) is 2.38. The molecule has 0 aliphatic rings. The number of hydrogen-bond donors (Lipinski definition) is 0. The van der Waals surface area contributed by atoms with E-state index < -0.39 is 15.9 Å². The predicted octanol–water partition coefficient (Wildman–Crippen LogP) is -1.23. The summed E-state index contributed by atoms with van der Waals surface area (Å²) >= 11 is 1.16. The number of rotatable bonds is 4. The van der Waals surface area contributed by atoms with Gasteiger partial charge in [-0.25, -0.2) is 18.1 Å². The predicted molar refractivity (Wildman–Crippen MR) is 56.9 cm³/mol. The van der Waals surface area contributed by atoms with Crippen LogP contribution in [0.2, 0.25) is 0 Å². The van der Waals surface area contributed by atoms with Gasteiger partial charge in [-0.05, 0) is 0 Å². The molecule has 8 nitrogen and oxygen atoms in total. The zero-order valence-electron chi connectivity index (χ0n) is 8.85. The number of aryl methyl sites for hydroxylation is 2. The third-order valence-electron chi connectivity index (χ3n) is 2.01. The highest BCUT2D eigenvalue weighted by molar-refractivity contribution is 7.85. The van der Waals surface area contributed by atoms with Gasteiger partial charge in [0.05, 0.1) is 10.2 Å². The Hall–Kier alpha value is -1.39. The average molecular weight is 275 g/mol. The minimum absolute atomic E-state index is 0.0418. The number of aromatic nitrogens is 5. The first-order valence-electron chi connectivity index (χ1n) is 4.60. The van der Waals surface area contributed by atoms with Crippen molar-refractivity contribution < 1.29 is 17.7 Å². The van der Waals surface area contributed by atoms with Crippen LogP contribution in [0.4, 0.5) is 0 Å². The molecule has 17 heavy (non-hydrogen) atoms. The quantitative estimate of drug-likeness (QED) is 0.511. The van der Waals surface area contributed by atoms with Crippen molar-refractivity contribution in [2.24, 2.45) is 7.05 Å². The molecule has 0 radical (unpaired) electrons. The molecule has 2 aromatic rings. The van der Waals surface area contributed by atoms with Crippen molar-refractivity contribution in [3.63, 3.8) is 0 Å². The van der Waals surface area contributed by atoms with Crippen molar-refractivity contribution in [2.45, 2.75) is 6.54 Å². The SMILES string of the molecule is Cn1ncnc1-c1c[n+](CCS(=O)(=O)[O-])ns1. The van der Waals surface area contributed by atoms with Crippen molar-refractivity contribution in [1.82, 2.24) is 19.3 Å². The molecule has 0 aromatic carbocycles. The van der Waals surface area contributed by atoms with E-state index in [0.29, 0.717) is 5.82 Å². The van der Waals surface area contributed by atoms with Crippen LogP contribution in [-0.2, 0) is 23.7 Å². The fraction of sp³-hybridized carbons (Fsp3) is 0.429. The largest absolute Gasteiger partial charge is 0.748 e. The molecule has 0 aliphatic carbocycles. The highest BCUT2D eigenvalue weighted by Crippen LogP contribution is 2.16. The lowest BCUT2D eigenvalue weighted by molar-refractivity contribution is -0.742. The average Bonchev–Trinajstić information content (AvgIpc) is 2.81. The van der Waals surface area contributed by atoms with E-state index in [-0.39, 0.29) is 6.54 Å². The van der Waals surface area contributed by atoms with Gasteiger partial charge < -0.3 is 4.55 Å².